The van der Waals surface area contributed by atoms with Gasteiger partial charge in [0.25, 0.3) is 0 Å². The van der Waals surface area contributed by atoms with E-state index < -0.39 is 0 Å². The molecule has 13 rings (SSSR count). The molecule has 1 aliphatic carbocycles. The Morgan fingerprint density at radius 2 is 0.969 bits per heavy atom. The number of benzene rings is 11. The quantitative estimate of drug-likeness (QED) is 0.152. The third kappa shape index (κ3) is 5.67. The van der Waals surface area contributed by atoms with Crippen LogP contribution < -0.4 is 4.90 Å². The molecule has 0 fully saturated rings. The van der Waals surface area contributed by atoms with Crippen LogP contribution in [0.15, 0.2) is 231 Å². The van der Waals surface area contributed by atoms with E-state index in [4.69, 9.17) is 0 Å². The summed E-state index contributed by atoms with van der Waals surface area (Å²) in [6, 6.07) is 85.0. The molecule has 65 heavy (non-hydrogen) atoms. The van der Waals surface area contributed by atoms with Crippen molar-refractivity contribution in [3.8, 4) is 39.1 Å². The van der Waals surface area contributed by atoms with Crippen molar-refractivity contribution in [2.45, 2.75) is 19.3 Å². The molecular formula is C63H44N2. The summed E-state index contributed by atoms with van der Waals surface area (Å²) in [5, 5.41) is 10.3. The Labute approximate surface area is 378 Å². The summed E-state index contributed by atoms with van der Waals surface area (Å²) < 4.78 is 2.49. The summed E-state index contributed by atoms with van der Waals surface area (Å²) in [5.41, 5.74) is 17.0. The Morgan fingerprint density at radius 1 is 0.369 bits per heavy atom. The second-order valence-corrected chi connectivity index (χ2v) is 18.0. The van der Waals surface area contributed by atoms with E-state index in [1.165, 1.54) is 98.6 Å². The van der Waals surface area contributed by atoms with Crippen LogP contribution in [0.2, 0.25) is 0 Å². The van der Waals surface area contributed by atoms with E-state index in [2.05, 4.69) is 254 Å². The summed E-state index contributed by atoms with van der Waals surface area (Å²) >= 11 is 0. The van der Waals surface area contributed by atoms with Gasteiger partial charge in [0.05, 0.1) is 16.7 Å². The zero-order chi connectivity index (χ0) is 43.2. The van der Waals surface area contributed by atoms with Crippen molar-refractivity contribution < 1.29 is 0 Å². The Bertz CT molecular complexity index is 3840. The van der Waals surface area contributed by atoms with Gasteiger partial charge in [-0.25, -0.2) is 0 Å². The molecule has 1 aromatic heterocycles. The lowest BCUT2D eigenvalue weighted by Gasteiger charge is -2.30. The summed E-state index contributed by atoms with van der Waals surface area (Å²) in [6.07, 6.45) is 0. The van der Waals surface area contributed by atoms with Crippen molar-refractivity contribution in [2.24, 2.45) is 0 Å². The first kappa shape index (κ1) is 37.4. The lowest BCUT2D eigenvalue weighted by Crippen LogP contribution is -2.16. The number of rotatable bonds is 6. The van der Waals surface area contributed by atoms with Gasteiger partial charge in [-0.1, -0.05) is 196 Å². The zero-order valence-electron chi connectivity index (χ0n) is 36.3. The molecule has 0 atom stereocenters. The van der Waals surface area contributed by atoms with Crippen molar-refractivity contribution in [1.29, 1.82) is 0 Å². The van der Waals surface area contributed by atoms with Gasteiger partial charge >= 0.3 is 0 Å². The highest BCUT2D eigenvalue weighted by Crippen LogP contribution is 2.51. The van der Waals surface area contributed by atoms with Crippen molar-refractivity contribution in [3.05, 3.63) is 242 Å². The van der Waals surface area contributed by atoms with Crippen LogP contribution in [0.25, 0.3) is 93.2 Å². The number of fused-ring (bicyclic) bond motifs is 13. The van der Waals surface area contributed by atoms with Gasteiger partial charge in [0.15, 0.2) is 0 Å². The minimum Gasteiger partial charge on any atom is -0.310 e. The second-order valence-electron chi connectivity index (χ2n) is 18.0. The normalized spacial score (nSPS) is 12.9. The first-order valence-corrected chi connectivity index (χ1v) is 22.7. The van der Waals surface area contributed by atoms with Crippen LogP contribution in [-0.4, -0.2) is 4.57 Å². The highest BCUT2D eigenvalue weighted by molar-refractivity contribution is 6.36. The first-order valence-electron chi connectivity index (χ1n) is 22.7. The smallest absolute Gasteiger partial charge is 0.0626 e. The maximum absolute atomic E-state index is 2.49. The molecule has 0 spiro atoms. The van der Waals surface area contributed by atoms with E-state index in [9.17, 15) is 0 Å². The summed E-state index contributed by atoms with van der Waals surface area (Å²) in [5.74, 6) is 0. The average molecular weight is 829 g/mol. The van der Waals surface area contributed by atoms with Gasteiger partial charge in [0.1, 0.15) is 0 Å². The van der Waals surface area contributed by atoms with Crippen LogP contribution >= 0.6 is 0 Å². The van der Waals surface area contributed by atoms with Crippen LogP contribution in [0.5, 0.6) is 0 Å². The maximum Gasteiger partial charge on any atom is 0.0626 e. The van der Waals surface area contributed by atoms with E-state index in [0.717, 1.165) is 22.7 Å². The minimum absolute atomic E-state index is 0.114. The number of para-hydroxylation sites is 2. The van der Waals surface area contributed by atoms with Crippen LogP contribution in [0.4, 0.5) is 17.1 Å². The monoisotopic (exact) mass is 828 g/mol. The van der Waals surface area contributed by atoms with Gasteiger partial charge < -0.3 is 9.47 Å². The molecule has 306 valence electrons. The molecule has 0 amide bonds. The molecule has 0 saturated heterocycles. The number of nitrogens with zero attached hydrogens (tertiary/aromatic N) is 2. The average Bonchev–Trinajstić information content (AvgIpc) is 3.83. The number of hydrogen-bond acceptors (Lipinski definition) is 1. The second kappa shape index (κ2) is 14.4. The molecule has 0 radical (unpaired) electrons. The predicted octanol–water partition coefficient (Wildman–Crippen LogP) is 17.4. The van der Waals surface area contributed by atoms with Crippen LogP contribution in [-0.2, 0) is 5.41 Å². The fourth-order valence-corrected chi connectivity index (χ4v) is 11.1. The Hall–Kier alpha value is -8.20. The molecule has 11 aromatic carbocycles. The van der Waals surface area contributed by atoms with Gasteiger partial charge in [-0.2, -0.15) is 0 Å². The van der Waals surface area contributed by atoms with E-state index in [1.807, 2.05) is 0 Å². The van der Waals surface area contributed by atoms with Gasteiger partial charge in [-0.3, -0.25) is 0 Å². The van der Waals surface area contributed by atoms with E-state index >= 15 is 0 Å². The number of aromatic nitrogens is 1. The SMILES string of the molecule is CC1(C)c2ccccc2-c2ccc(N(c3ccc(-c4ccc(-n5c6ccccc6c6c7c8ccccc8ccc7c7ccccc7c65)cc4)cc3)c3ccccc3-c3ccccc3)cc21. The van der Waals surface area contributed by atoms with Gasteiger partial charge in [-0.15, -0.1) is 0 Å². The highest BCUT2D eigenvalue weighted by atomic mass is 15.1. The molecule has 0 saturated carbocycles. The molecule has 12 aromatic rings. The van der Waals surface area contributed by atoms with Gasteiger partial charge in [0, 0.05) is 49.6 Å². The number of anilines is 3. The molecule has 2 heteroatoms. The zero-order valence-corrected chi connectivity index (χ0v) is 36.3. The van der Waals surface area contributed by atoms with E-state index in [0.29, 0.717) is 0 Å². The molecular weight excluding hydrogens is 785 g/mol. The Morgan fingerprint density at radius 3 is 1.77 bits per heavy atom. The lowest BCUT2D eigenvalue weighted by molar-refractivity contribution is 0.660. The maximum atomic E-state index is 2.49. The fraction of sp³-hybridized carbons (Fsp3) is 0.0476. The third-order valence-electron chi connectivity index (χ3n) is 14.2. The summed E-state index contributed by atoms with van der Waals surface area (Å²) in [6.45, 7) is 4.72. The predicted molar refractivity (Wildman–Crippen MR) is 276 cm³/mol. The molecule has 0 aliphatic heterocycles. The Kier molecular flexibility index (Phi) is 8.29. The summed E-state index contributed by atoms with van der Waals surface area (Å²) in [4.78, 5) is 2.44. The third-order valence-corrected chi connectivity index (χ3v) is 14.2. The fourth-order valence-electron chi connectivity index (χ4n) is 11.1. The van der Waals surface area contributed by atoms with Crippen molar-refractivity contribution in [2.75, 3.05) is 4.90 Å². The first-order chi connectivity index (χ1) is 32.0. The van der Waals surface area contributed by atoms with Crippen LogP contribution in [0.3, 0.4) is 0 Å². The van der Waals surface area contributed by atoms with E-state index in [1.54, 1.807) is 0 Å². The van der Waals surface area contributed by atoms with Crippen molar-refractivity contribution in [1.82, 2.24) is 4.57 Å². The number of hydrogen-bond donors (Lipinski definition) is 0. The molecule has 0 bridgehead atoms. The van der Waals surface area contributed by atoms with E-state index in [-0.39, 0.29) is 5.41 Å². The molecule has 1 aliphatic rings. The van der Waals surface area contributed by atoms with Crippen LogP contribution in [0.1, 0.15) is 25.0 Å². The minimum atomic E-state index is -0.114. The van der Waals surface area contributed by atoms with Crippen molar-refractivity contribution >= 4 is 71.2 Å². The topological polar surface area (TPSA) is 8.17 Å². The van der Waals surface area contributed by atoms with Gasteiger partial charge in [-0.05, 0) is 109 Å². The van der Waals surface area contributed by atoms with Crippen molar-refractivity contribution in [3.63, 3.8) is 0 Å². The molecule has 0 unspecified atom stereocenters. The highest BCUT2D eigenvalue weighted by Gasteiger charge is 2.36. The van der Waals surface area contributed by atoms with Crippen LogP contribution in [0, 0.1) is 0 Å². The molecule has 2 nitrogen and oxygen atoms in total. The Balaban J connectivity index is 0.936. The molecule has 0 N–H and O–H groups in total. The van der Waals surface area contributed by atoms with Gasteiger partial charge in [0.2, 0.25) is 0 Å². The lowest BCUT2D eigenvalue weighted by atomic mass is 9.82. The summed E-state index contributed by atoms with van der Waals surface area (Å²) in [7, 11) is 0. The molecule has 1 heterocycles. The largest absolute Gasteiger partial charge is 0.310 e. The standard InChI is InChI=1S/C63H44N2/c1-63(2)56-25-13-10-22-51(56)52-39-37-47(40-57(52)63)64(58-26-14-11-19-48(58)43-16-4-3-5-17-43)45-33-28-41(29-34-45)42-30-35-46(36-31-42)65-59-27-15-12-24-55(59)61-60-49-20-7-6-18-44(49)32-38-53(60)50-21-8-9-23-54(50)62(61)65/h3-40H,1-2H3.